The van der Waals surface area contributed by atoms with E-state index in [0.717, 1.165) is 3.97 Å². The highest BCUT2D eigenvalue weighted by Crippen LogP contribution is 2.29. The quantitative estimate of drug-likeness (QED) is 0.493. The first-order valence-electron chi connectivity index (χ1n) is 11.4. The zero-order valence-corrected chi connectivity index (χ0v) is 22.4. The van der Waals surface area contributed by atoms with Gasteiger partial charge in [-0.05, 0) is 64.4 Å². The van der Waals surface area contributed by atoms with Gasteiger partial charge in [-0.25, -0.2) is 21.6 Å². The number of nitrogens with zero attached hydrogens (tertiary/aromatic N) is 3. The summed E-state index contributed by atoms with van der Waals surface area (Å²) in [6, 6.07) is 8.67. The number of amides is 1. The van der Waals surface area contributed by atoms with Crippen LogP contribution in [0.5, 0.6) is 0 Å². The van der Waals surface area contributed by atoms with E-state index in [9.17, 15) is 22.7 Å². The molecule has 10 heteroatoms. The monoisotopic (exact) mass is 527 g/mol. The van der Waals surface area contributed by atoms with Gasteiger partial charge in [-0.2, -0.15) is 0 Å². The normalized spacial score (nSPS) is 12.0. The summed E-state index contributed by atoms with van der Waals surface area (Å²) in [5, 5.41) is 9.86. The first kappa shape index (κ1) is 27.9. The smallest absolute Gasteiger partial charge is 0.410 e. The van der Waals surface area contributed by atoms with Crippen molar-refractivity contribution in [2.75, 3.05) is 7.05 Å². The Morgan fingerprint density at radius 1 is 1.16 bits per heavy atom. The summed E-state index contributed by atoms with van der Waals surface area (Å²) in [6.45, 7) is 8.26. The van der Waals surface area contributed by atoms with Crippen molar-refractivity contribution in [3.8, 4) is 23.1 Å². The van der Waals surface area contributed by atoms with Crippen molar-refractivity contribution in [1.82, 2.24) is 13.9 Å². The molecule has 0 atom stereocenters. The molecule has 0 saturated heterocycles. The molecule has 3 aromatic rings. The number of hydrogen-bond acceptors (Lipinski definition) is 6. The Bertz CT molecular complexity index is 1470. The second kappa shape index (κ2) is 10.4. The lowest BCUT2D eigenvalue weighted by molar-refractivity contribution is 0.0285. The summed E-state index contributed by atoms with van der Waals surface area (Å²) in [6.07, 6.45) is 3.31. The van der Waals surface area contributed by atoms with Gasteiger partial charge >= 0.3 is 6.09 Å². The number of aliphatic hydroxyl groups is 1. The minimum Gasteiger partial charge on any atom is -0.444 e. The SMILES string of the molecule is CN(Cc1cc(-c2ccccc2F)n(S(=O)(=O)c2cncc(C#CC(C)(C)O)c2)c1)C(=O)OC(C)(C)C. The Morgan fingerprint density at radius 3 is 2.46 bits per heavy atom. The van der Waals surface area contributed by atoms with Crippen LogP contribution in [0.3, 0.4) is 0 Å². The van der Waals surface area contributed by atoms with Crippen LogP contribution in [-0.2, 0) is 21.3 Å². The molecule has 0 bridgehead atoms. The molecule has 37 heavy (non-hydrogen) atoms. The standard InChI is InChI=1S/C27H30FN3O5S/c1-26(2,3)36-25(32)30(6)17-20-14-24(22-9-7-8-10-23(22)28)31(18-20)37(34,35)21-13-19(15-29-16-21)11-12-27(4,5)33/h7-10,13-16,18,33H,17H2,1-6H3. The van der Waals surface area contributed by atoms with Gasteiger partial charge in [0.05, 0.1) is 12.2 Å². The Kier molecular flexibility index (Phi) is 7.81. The molecule has 0 fully saturated rings. The first-order chi connectivity index (χ1) is 17.1. The Balaban J connectivity index is 2.09. The number of pyridine rings is 1. The van der Waals surface area contributed by atoms with Crippen LogP contribution in [0.15, 0.2) is 59.9 Å². The molecule has 196 valence electrons. The molecule has 0 aliphatic heterocycles. The summed E-state index contributed by atoms with van der Waals surface area (Å²) in [5.41, 5.74) is -1.09. The second-order valence-electron chi connectivity index (χ2n) is 10.1. The molecule has 0 saturated carbocycles. The van der Waals surface area contributed by atoms with Gasteiger partial charge in [0.15, 0.2) is 0 Å². The van der Waals surface area contributed by atoms with Crippen molar-refractivity contribution in [3.63, 3.8) is 0 Å². The summed E-state index contributed by atoms with van der Waals surface area (Å²) in [7, 11) is -2.73. The van der Waals surface area contributed by atoms with Crippen LogP contribution >= 0.6 is 0 Å². The lowest BCUT2D eigenvalue weighted by Gasteiger charge is -2.24. The lowest BCUT2D eigenvalue weighted by Crippen LogP contribution is -2.33. The molecular formula is C27H30FN3O5S. The van der Waals surface area contributed by atoms with Crippen LogP contribution in [0, 0.1) is 17.7 Å². The van der Waals surface area contributed by atoms with Gasteiger partial charge in [0.25, 0.3) is 10.0 Å². The van der Waals surface area contributed by atoms with Crippen molar-refractivity contribution in [3.05, 3.63) is 71.9 Å². The van der Waals surface area contributed by atoms with Gasteiger partial charge in [-0.3, -0.25) is 4.98 Å². The minimum atomic E-state index is -4.25. The summed E-state index contributed by atoms with van der Waals surface area (Å²) in [4.78, 5) is 17.6. The van der Waals surface area contributed by atoms with E-state index in [0.29, 0.717) is 5.56 Å². The van der Waals surface area contributed by atoms with E-state index in [1.165, 1.54) is 74.7 Å². The number of hydrogen-bond donors (Lipinski definition) is 1. The van der Waals surface area contributed by atoms with E-state index in [1.54, 1.807) is 26.8 Å². The third kappa shape index (κ3) is 7.18. The Labute approximate surface area is 216 Å². The van der Waals surface area contributed by atoms with Gasteiger partial charge in [-0.1, -0.05) is 24.0 Å². The molecule has 0 aliphatic rings. The zero-order valence-electron chi connectivity index (χ0n) is 21.6. The molecule has 8 nitrogen and oxygen atoms in total. The van der Waals surface area contributed by atoms with Gasteiger partial charge in [-0.15, -0.1) is 0 Å². The molecule has 1 aromatic carbocycles. The van der Waals surface area contributed by atoms with Crippen LogP contribution in [0.25, 0.3) is 11.3 Å². The minimum absolute atomic E-state index is 0.0221. The number of carbonyl (C=O) groups is 1. The maximum atomic E-state index is 14.8. The van der Waals surface area contributed by atoms with Crippen molar-refractivity contribution < 1.29 is 27.4 Å². The predicted molar refractivity (Wildman–Crippen MR) is 138 cm³/mol. The van der Waals surface area contributed by atoms with Crippen molar-refractivity contribution >= 4 is 16.1 Å². The number of halogens is 1. The topological polar surface area (TPSA) is 102 Å². The molecule has 0 radical (unpaired) electrons. The van der Waals surface area contributed by atoms with E-state index in [2.05, 4.69) is 16.8 Å². The van der Waals surface area contributed by atoms with E-state index in [-0.39, 0.29) is 28.3 Å². The third-order valence-corrected chi connectivity index (χ3v) is 6.54. The maximum absolute atomic E-state index is 14.8. The van der Waals surface area contributed by atoms with Gasteiger partial charge in [0.1, 0.15) is 21.9 Å². The molecule has 2 heterocycles. The molecule has 0 spiro atoms. The average Bonchev–Trinajstić information content (AvgIpc) is 3.21. The van der Waals surface area contributed by atoms with E-state index in [1.807, 2.05) is 0 Å². The zero-order chi connectivity index (χ0) is 27.6. The molecule has 0 unspecified atom stereocenters. The van der Waals surface area contributed by atoms with Gasteiger partial charge in [0.2, 0.25) is 0 Å². The number of ether oxygens (including phenoxy) is 1. The van der Waals surface area contributed by atoms with E-state index < -0.39 is 33.1 Å². The summed E-state index contributed by atoms with van der Waals surface area (Å²) < 4.78 is 48.5. The Hall–Kier alpha value is -3.68. The number of carbonyl (C=O) groups excluding carboxylic acids is 1. The molecule has 1 amide bonds. The highest BCUT2D eigenvalue weighted by Gasteiger charge is 2.26. The largest absolute Gasteiger partial charge is 0.444 e. The number of benzene rings is 1. The van der Waals surface area contributed by atoms with Crippen molar-refractivity contribution in [2.45, 2.75) is 57.3 Å². The van der Waals surface area contributed by atoms with Crippen LogP contribution in [-0.4, -0.2) is 51.7 Å². The predicted octanol–water partition coefficient (Wildman–Crippen LogP) is 4.42. The highest BCUT2D eigenvalue weighted by atomic mass is 32.2. The first-order valence-corrected chi connectivity index (χ1v) is 12.9. The fourth-order valence-corrected chi connectivity index (χ4v) is 4.67. The van der Waals surface area contributed by atoms with Crippen LogP contribution in [0.4, 0.5) is 9.18 Å². The van der Waals surface area contributed by atoms with Crippen LogP contribution in [0.2, 0.25) is 0 Å². The number of aromatic nitrogens is 2. The summed E-state index contributed by atoms with van der Waals surface area (Å²) >= 11 is 0. The number of rotatable bonds is 5. The average molecular weight is 528 g/mol. The van der Waals surface area contributed by atoms with Gasteiger partial charge < -0.3 is 14.7 Å². The molecule has 1 N–H and O–H groups in total. The fraction of sp³-hybridized carbons (Fsp3) is 0.333. The Morgan fingerprint density at radius 2 is 1.84 bits per heavy atom. The van der Waals surface area contributed by atoms with Crippen molar-refractivity contribution in [2.24, 2.45) is 0 Å². The third-order valence-electron chi connectivity index (χ3n) is 4.90. The molecule has 2 aromatic heterocycles. The lowest BCUT2D eigenvalue weighted by atomic mass is 10.1. The fourth-order valence-electron chi connectivity index (χ4n) is 3.29. The van der Waals surface area contributed by atoms with Crippen LogP contribution in [0.1, 0.15) is 45.7 Å². The molecular weight excluding hydrogens is 497 g/mol. The van der Waals surface area contributed by atoms with Crippen LogP contribution < -0.4 is 0 Å². The van der Waals surface area contributed by atoms with E-state index in [4.69, 9.17) is 4.74 Å². The molecule has 3 rings (SSSR count). The second-order valence-corrected chi connectivity index (χ2v) is 11.9. The molecule has 0 aliphatic carbocycles. The van der Waals surface area contributed by atoms with Gasteiger partial charge in [0, 0.05) is 36.8 Å². The van der Waals surface area contributed by atoms with E-state index >= 15 is 0 Å². The highest BCUT2D eigenvalue weighted by molar-refractivity contribution is 7.90. The van der Waals surface area contributed by atoms with Crippen molar-refractivity contribution in [1.29, 1.82) is 0 Å². The maximum Gasteiger partial charge on any atom is 0.410 e. The summed E-state index contributed by atoms with van der Waals surface area (Å²) in [5.74, 6) is 4.73.